The van der Waals surface area contributed by atoms with Crippen molar-refractivity contribution in [2.45, 2.75) is 40.5 Å². The Bertz CT molecular complexity index is 402. The van der Waals surface area contributed by atoms with Crippen molar-refractivity contribution in [1.82, 2.24) is 5.32 Å². The molecule has 1 N–H and O–H groups in total. The largest absolute Gasteiger partial charge is 0.371 e. The highest BCUT2D eigenvalue weighted by Crippen LogP contribution is 2.33. The molecule has 20 heavy (non-hydrogen) atoms. The molecule has 1 heterocycles. The molecule has 0 aromatic heterocycles. The molecule has 1 aliphatic rings. The molecule has 2 heteroatoms. The van der Waals surface area contributed by atoms with E-state index in [0.717, 1.165) is 19.0 Å². The fourth-order valence-corrected chi connectivity index (χ4v) is 3.28. The van der Waals surface area contributed by atoms with Crippen LogP contribution in [0.4, 0.5) is 5.69 Å². The number of rotatable bonds is 5. The molecule has 2 rings (SSSR count). The molecule has 0 amide bonds. The van der Waals surface area contributed by atoms with E-state index in [4.69, 9.17) is 0 Å². The monoisotopic (exact) mass is 274 g/mol. The van der Waals surface area contributed by atoms with E-state index in [-0.39, 0.29) is 0 Å². The number of aryl methyl sites for hydroxylation is 1. The van der Waals surface area contributed by atoms with Crippen LogP contribution in [-0.4, -0.2) is 26.2 Å². The van der Waals surface area contributed by atoms with Crippen LogP contribution in [0.15, 0.2) is 24.3 Å². The Balaban J connectivity index is 2.06. The molecule has 0 aliphatic carbocycles. The third-order valence-electron chi connectivity index (χ3n) is 4.78. The van der Waals surface area contributed by atoms with Crippen molar-refractivity contribution in [1.29, 1.82) is 0 Å². The number of piperidine rings is 1. The first-order valence-corrected chi connectivity index (χ1v) is 8.05. The van der Waals surface area contributed by atoms with Crippen molar-refractivity contribution in [3.63, 3.8) is 0 Å². The molecule has 1 atom stereocenters. The van der Waals surface area contributed by atoms with E-state index in [0.29, 0.717) is 5.41 Å². The lowest BCUT2D eigenvalue weighted by Gasteiger charge is -2.41. The summed E-state index contributed by atoms with van der Waals surface area (Å²) in [4.78, 5) is 2.52. The zero-order valence-corrected chi connectivity index (χ0v) is 13.6. The molecule has 0 spiro atoms. The van der Waals surface area contributed by atoms with Gasteiger partial charge in [0.2, 0.25) is 0 Å². The highest BCUT2D eigenvalue weighted by atomic mass is 15.1. The molecular formula is C18H30N2. The van der Waals surface area contributed by atoms with Crippen molar-refractivity contribution in [3.05, 3.63) is 29.8 Å². The van der Waals surface area contributed by atoms with Crippen LogP contribution in [0.1, 0.15) is 39.2 Å². The Hall–Kier alpha value is -1.02. The Morgan fingerprint density at radius 3 is 2.50 bits per heavy atom. The Kier molecular flexibility index (Phi) is 5.09. The second-order valence-corrected chi connectivity index (χ2v) is 6.88. The first-order chi connectivity index (χ1) is 9.53. The van der Waals surface area contributed by atoms with Crippen LogP contribution in [0.3, 0.4) is 0 Å². The van der Waals surface area contributed by atoms with Crippen molar-refractivity contribution in [2.24, 2.45) is 11.3 Å². The van der Waals surface area contributed by atoms with Gasteiger partial charge in [-0.2, -0.15) is 0 Å². The number of hydrogen-bond acceptors (Lipinski definition) is 2. The molecule has 1 aromatic carbocycles. The van der Waals surface area contributed by atoms with Gasteiger partial charge in [0.1, 0.15) is 0 Å². The summed E-state index contributed by atoms with van der Waals surface area (Å²) in [6.07, 6.45) is 2.69. The number of nitrogens with zero attached hydrogens (tertiary/aromatic N) is 1. The normalized spacial score (nSPS) is 19.9. The van der Waals surface area contributed by atoms with Gasteiger partial charge < -0.3 is 10.2 Å². The Morgan fingerprint density at radius 2 is 1.95 bits per heavy atom. The average Bonchev–Trinajstić information content (AvgIpc) is 2.47. The van der Waals surface area contributed by atoms with E-state index >= 15 is 0 Å². The molecule has 1 unspecified atom stereocenters. The van der Waals surface area contributed by atoms with Crippen LogP contribution in [0.25, 0.3) is 0 Å². The minimum absolute atomic E-state index is 0.355. The van der Waals surface area contributed by atoms with Gasteiger partial charge in [0.25, 0.3) is 0 Å². The highest BCUT2D eigenvalue weighted by Gasteiger charge is 2.32. The summed E-state index contributed by atoms with van der Waals surface area (Å²) in [5.41, 5.74) is 3.05. The molecule has 1 fully saturated rings. The van der Waals surface area contributed by atoms with Crippen LogP contribution >= 0.6 is 0 Å². The highest BCUT2D eigenvalue weighted by molar-refractivity contribution is 5.47. The van der Waals surface area contributed by atoms with Crippen molar-refractivity contribution in [3.8, 4) is 0 Å². The van der Waals surface area contributed by atoms with Crippen molar-refractivity contribution < 1.29 is 0 Å². The van der Waals surface area contributed by atoms with E-state index in [1.807, 2.05) is 0 Å². The fourth-order valence-electron chi connectivity index (χ4n) is 3.28. The lowest BCUT2D eigenvalue weighted by atomic mass is 9.74. The van der Waals surface area contributed by atoms with Gasteiger partial charge >= 0.3 is 0 Å². The summed E-state index contributed by atoms with van der Waals surface area (Å²) in [7, 11) is 0. The average molecular weight is 274 g/mol. The smallest absolute Gasteiger partial charge is 0.0366 e. The maximum absolute atomic E-state index is 3.56. The van der Waals surface area contributed by atoms with Gasteiger partial charge in [-0.25, -0.2) is 0 Å². The molecule has 2 nitrogen and oxygen atoms in total. The summed E-state index contributed by atoms with van der Waals surface area (Å²) in [5, 5.41) is 3.56. The van der Waals surface area contributed by atoms with Gasteiger partial charge in [0.15, 0.2) is 0 Å². The summed E-state index contributed by atoms with van der Waals surface area (Å²) in [6.45, 7) is 13.9. The van der Waals surface area contributed by atoms with Gasteiger partial charge in [-0.1, -0.05) is 31.5 Å². The minimum atomic E-state index is 0.355. The van der Waals surface area contributed by atoms with Gasteiger partial charge in [0.05, 0.1) is 0 Å². The zero-order chi connectivity index (χ0) is 14.6. The second kappa shape index (κ2) is 6.62. The first-order valence-electron chi connectivity index (χ1n) is 8.05. The molecule has 112 valence electrons. The summed E-state index contributed by atoms with van der Waals surface area (Å²) in [6, 6.07) is 8.95. The predicted octanol–water partition coefficient (Wildman–Crippen LogP) is 3.85. The van der Waals surface area contributed by atoms with E-state index < -0.39 is 0 Å². The second-order valence-electron chi connectivity index (χ2n) is 6.88. The quantitative estimate of drug-likeness (QED) is 0.877. The lowest BCUT2D eigenvalue weighted by Crippen LogP contribution is -2.44. The summed E-state index contributed by atoms with van der Waals surface area (Å²) in [5.74, 6) is 0.788. The standard InChI is InChI=1S/C18H30N2/c1-5-20(17-10-8-15(2)9-11-17)14-18(3,4)16-7-6-12-19-13-16/h8-11,16,19H,5-7,12-14H2,1-4H3. The Labute approximate surface area is 124 Å². The third kappa shape index (κ3) is 3.76. The van der Waals surface area contributed by atoms with Gasteiger partial charge in [-0.15, -0.1) is 0 Å². The van der Waals surface area contributed by atoms with Crippen LogP contribution in [-0.2, 0) is 0 Å². The third-order valence-corrected chi connectivity index (χ3v) is 4.78. The van der Waals surface area contributed by atoms with E-state index in [1.165, 1.54) is 37.2 Å². The van der Waals surface area contributed by atoms with E-state index in [9.17, 15) is 0 Å². The van der Waals surface area contributed by atoms with E-state index in [2.05, 4.69) is 62.2 Å². The number of anilines is 1. The van der Waals surface area contributed by atoms with Crippen molar-refractivity contribution in [2.75, 3.05) is 31.1 Å². The van der Waals surface area contributed by atoms with Crippen LogP contribution in [0.2, 0.25) is 0 Å². The van der Waals surface area contributed by atoms with Crippen molar-refractivity contribution >= 4 is 5.69 Å². The molecular weight excluding hydrogens is 244 g/mol. The molecule has 1 aliphatic heterocycles. The van der Waals surface area contributed by atoms with Gasteiger partial charge in [0, 0.05) is 18.8 Å². The fraction of sp³-hybridized carbons (Fsp3) is 0.667. The zero-order valence-electron chi connectivity index (χ0n) is 13.6. The topological polar surface area (TPSA) is 15.3 Å². The SMILES string of the molecule is CCN(CC(C)(C)C1CCCNC1)c1ccc(C)cc1. The Morgan fingerprint density at radius 1 is 1.25 bits per heavy atom. The van der Waals surface area contributed by atoms with Gasteiger partial charge in [-0.05, 0) is 63.2 Å². The van der Waals surface area contributed by atoms with Crippen LogP contribution in [0, 0.1) is 18.3 Å². The number of benzene rings is 1. The molecule has 0 bridgehead atoms. The lowest BCUT2D eigenvalue weighted by molar-refractivity contribution is 0.176. The summed E-state index contributed by atoms with van der Waals surface area (Å²) < 4.78 is 0. The molecule has 1 aromatic rings. The van der Waals surface area contributed by atoms with E-state index in [1.54, 1.807) is 0 Å². The predicted molar refractivity (Wildman–Crippen MR) is 88.4 cm³/mol. The molecule has 1 saturated heterocycles. The van der Waals surface area contributed by atoms with Crippen LogP contribution in [0.5, 0.6) is 0 Å². The molecule has 0 radical (unpaired) electrons. The maximum Gasteiger partial charge on any atom is 0.0366 e. The first kappa shape index (κ1) is 15.4. The number of hydrogen-bond donors (Lipinski definition) is 1. The number of nitrogens with one attached hydrogen (secondary N) is 1. The van der Waals surface area contributed by atoms with Crippen LogP contribution < -0.4 is 10.2 Å². The molecule has 0 saturated carbocycles. The van der Waals surface area contributed by atoms with Gasteiger partial charge in [-0.3, -0.25) is 0 Å². The summed E-state index contributed by atoms with van der Waals surface area (Å²) >= 11 is 0. The maximum atomic E-state index is 3.56. The minimum Gasteiger partial charge on any atom is -0.371 e.